The van der Waals surface area contributed by atoms with Crippen molar-refractivity contribution in [3.8, 4) is 11.5 Å². The molecule has 3 rings (SSSR count). The number of nitrogens with one attached hydrogen (secondary N) is 1. The third-order valence-electron chi connectivity index (χ3n) is 4.20. The molecule has 1 atom stereocenters. The normalized spacial score (nSPS) is 11.8. The van der Waals surface area contributed by atoms with Crippen LogP contribution < -0.4 is 14.8 Å². The Morgan fingerprint density at radius 3 is 2.48 bits per heavy atom. The van der Waals surface area contributed by atoms with Crippen molar-refractivity contribution in [2.24, 2.45) is 7.05 Å². The van der Waals surface area contributed by atoms with Crippen LogP contribution in [0.25, 0.3) is 0 Å². The molecule has 164 valence electrons. The number of nitrogens with zero attached hydrogens (tertiary/aromatic N) is 3. The molecule has 31 heavy (non-hydrogen) atoms. The number of halogens is 3. The maximum Gasteiger partial charge on any atom is 0.234 e. The number of ether oxygens (including phenoxy) is 2. The lowest BCUT2D eigenvalue weighted by Gasteiger charge is -2.15. The summed E-state index contributed by atoms with van der Waals surface area (Å²) in [6, 6.07) is 10.0. The predicted molar refractivity (Wildman–Crippen MR) is 124 cm³/mol. The van der Waals surface area contributed by atoms with Crippen LogP contribution in [0.3, 0.4) is 0 Å². The number of hydrogen-bond acceptors (Lipinski definition) is 6. The van der Waals surface area contributed by atoms with Crippen LogP contribution in [0, 0.1) is 0 Å². The Hall–Kier alpha value is -2.13. The molecule has 0 radical (unpaired) electrons. The molecule has 1 unspecified atom stereocenters. The van der Waals surface area contributed by atoms with Gasteiger partial charge >= 0.3 is 0 Å². The van der Waals surface area contributed by atoms with Crippen molar-refractivity contribution in [3.63, 3.8) is 0 Å². The molecule has 7 nitrogen and oxygen atoms in total. The second kappa shape index (κ2) is 10.5. The fraction of sp³-hybridized carbons (Fsp3) is 0.250. The zero-order valence-corrected chi connectivity index (χ0v) is 19.9. The first-order valence-corrected chi connectivity index (χ1v) is 11.2. The van der Waals surface area contributed by atoms with Crippen molar-refractivity contribution in [2.75, 3.05) is 18.2 Å². The molecular formula is C20H19Cl3N4O3S. The van der Waals surface area contributed by atoms with E-state index in [1.165, 1.54) is 18.9 Å². The molecule has 0 saturated heterocycles. The molecule has 1 amide bonds. The van der Waals surface area contributed by atoms with E-state index in [4.69, 9.17) is 44.3 Å². The van der Waals surface area contributed by atoms with Crippen molar-refractivity contribution >= 4 is 58.2 Å². The molecule has 11 heteroatoms. The molecule has 2 aromatic carbocycles. The van der Waals surface area contributed by atoms with Gasteiger partial charge in [-0.3, -0.25) is 4.79 Å². The highest BCUT2D eigenvalue weighted by molar-refractivity contribution is 7.99. The van der Waals surface area contributed by atoms with Gasteiger partial charge in [0, 0.05) is 17.1 Å². The summed E-state index contributed by atoms with van der Waals surface area (Å²) in [5.41, 5.74) is 0.501. The van der Waals surface area contributed by atoms with Crippen LogP contribution in [0.4, 0.5) is 5.69 Å². The number of anilines is 1. The lowest BCUT2D eigenvalue weighted by atomic mass is 10.3. The Morgan fingerprint density at radius 2 is 1.81 bits per heavy atom. The average Bonchev–Trinajstić information content (AvgIpc) is 3.09. The standard InChI is InChI=1S/C20H19Cl3N4O3S/c1-11(30-16-6-4-12(21)8-14(16)23)19-25-26-20(27(19)2)31-10-18(28)24-15-9-13(22)5-7-17(15)29-3/h4-9,11H,10H2,1-3H3,(H,24,28). The molecule has 1 aromatic heterocycles. The highest BCUT2D eigenvalue weighted by Crippen LogP contribution is 2.32. The second-order valence-electron chi connectivity index (χ2n) is 6.42. The highest BCUT2D eigenvalue weighted by atomic mass is 35.5. The summed E-state index contributed by atoms with van der Waals surface area (Å²) in [5.74, 6) is 1.50. The molecule has 0 aliphatic heterocycles. The molecule has 0 aliphatic rings. The molecule has 1 heterocycles. The van der Waals surface area contributed by atoms with Gasteiger partial charge in [-0.05, 0) is 43.3 Å². The molecular weight excluding hydrogens is 483 g/mol. The summed E-state index contributed by atoms with van der Waals surface area (Å²) in [7, 11) is 3.33. The SMILES string of the molecule is COc1ccc(Cl)cc1NC(=O)CSc1nnc(C(C)Oc2ccc(Cl)cc2Cl)n1C. The van der Waals surface area contributed by atoms with Crippen LogP contribution in [-0.4, -0.2) is 33.5 Å². The zero-order valence-electron chi connectivity index (χ0n) is 16.9. The van der Waals surface area contributed by atoms with Gasteiger partial charge in [0.1, 0.15) is 11.5 Å². The minimum absolute atomic E-state index is 0.125. The third-order valence-corrected chi connectivity index (χ3v) is 5.98. The van der Waals surface area contributed by atoms with Crippen molar-refractivity contribution < 1.29 is 14.3 Å². The molecule has 1 N–H and O–H groups in total. The Morgan fingerprint density at radius 1 is 1.13 bits per heavy atom. The fourth-order valence-corrected chi connectivity index (χ4v) is 4.06. The van der Waals surface area contributed by atoms with Crippen LogP contribution in [0.1, 0.15) is 18.9 Å². The van der Waals surface area contributed by atoms with Gasteiger partial charge < -0.3 is 19.4 Å². The van der Waals surface area contributed by atoms with Gasteiger partial charge in [-0.15, -0.1) is 10.2 Å². The molecule has 0 spiro atoms. The monoisotopic (exact) mass is 500 g/mol. The van der Waals surface area contributed by atoms with E-state index < -0.39 is 6.10 Å². The van der Waals surface area contributed by atoms with E-state index in [1.54, 1.807) is 48.0 Å². The Labute approximate surface area is 199 Å². The van der Waals surface area contributed by atoms with Gasteiger partial charge in [-0.2, -0.15) is 0 Å². The van der Waals surface area contributed by atoms with Crippen LogP contribution in [0.5, 0.6) is 11.5 Å². The summed E-state index contributed by atoms with van der Waals surface area (Å²) < 4.78 is 12.9. The largest absolute Gasteiger partial charge is 0.495 e. The number of benzene rings is 2. The Balaban J connectivity index is 1.62. The number of carbonyl (C=O) groups is 1. The predicted octanol–water partition coefficient (Wildman–Crippen LogP) is 5.65. The Kier molecular flexibility index (Phi) is 7.94. The van der Waals surface area contributed by atoms with Gasteiger partial charge in [-0.25, -0.2) is 0 Å². The molecule has 0 saturated carbocycles. The summed E-state index contributed by atoms with van der Waals surface area (Å²) in [4.78, 5) is 12.4. The summed E-state index contributed by atoms with van der Waals surface area (Å²) in [5, 5.41) is 13.1. The van der Waals surface area contributed by atoms with E-state index in [0.717, 1.165) is 0 Å². The van der Waals surface area contributed by atoms with E-state index in [-0.39, 0.29) is 11.7 Å². The lowest BCUT2D eigenvalue weighted by Crippen LogP contribution is -2.15. The molecule has 0 aliphatic carbocycles. The van der Waals surface area contributed by atoms with Crippen LogP contribution in [-0.2, 0) is 11.8 Å². The minimum Gasteiger partial charge on any atom is -0.495 e. The van der Waals surface area contributed by atoms with Gasteiger partial charge in [0.2, 0.25) is 5.91 Å². The van der Waals surface area contributed by atoms with Gasteiger partial charge in [0.15, 0.2) is 17.1 Å². The maximum absolute atomic E-state index is 12.4. The Bertz CT molecular complexity index is 1090. The average molecular weight is 502 g/mol. The number of methoxy groups -OCH3 is 1. The summed E-state index contributed by atoms with van der Waals surface area (Å²) in [6.07, 6.45) is -0.421. The first-order chi connectivity index (χ1) is 14.8. The summed E-state index contributed by atoms with van der Waals surface area (Å²) >= 11 is 19.3. The van der Waals surface area contributed by atoms with E-state index in [1.807, 2.05) is 6.92 Å². The number of rotatable bonds is 8. The first-order valence-electron chi connectivity index (χ1n) is 9.05. The topological polar surface area (TPSA) is 78.3 Å². The van der Waals surface area contributed by atoms with E-state index in [0.29, 0.717) is 43.2 Å². The number of thioether (sulfide) groups is 1. The lowest BCUT2D eigenvalue weighted by molar-refractivity contribution is -0.113. The van der Waals surface area contributed by atoms with Crippen LogP contribution in [0.2, 0.25) is 15.1 Å². The van der Waals surface area contributed by atoms with Crippen LogP contribution >= 0.6 is 46.6 Å². The van der Waals surface area contributed by atoms with Gasteiger partial charge in [0.05, 0.1) is 23.6 Å². The van der Waals surface area contributed by atoms with Crippen molar-refractivity contribution in [2.45, 2.75) is 18.2 Å². The molecule has 0 bridgehead atoms. The van der Waals surface area contributed by atoms with E-state index >= 15 is 0 Å². The zero-order chi connectivity index (χ0) is 22.5. The number of aromatic nitrogens is 3. The van der Waals surface area contributed by atoms with Crippen molar-refractivity contribution in [1.82, 2.24) is 14.8 Å². The van der Waals surface area contributed by atoms with E-state index in [2.05, 4.69) is 15.5 Å². The first kappa shape index (κ1) is 23.5. The van der Waals surface area contributed by atoms with Crippen molar-refractivity contribution in [3.05, 3.63) is 57.3 Å². The molecule has 0 fully saturated rings. The number of hydrogen-bond donors (Lipinski definition) is 1. The minimum atomic E-state index is -0.421. The highest BCUT2D eigenvalue weighted by Gasteiger charge is 2.19. The van der Waals surface area contributed by atoms with Gasteiger partial charge in [-0.1, -0.05) is 46.6 Å². The molecule has 3 aromatic rings. The quantitative estimate of drug-likeness (QED) is 0.402. The maximum atomic E-state index is 12.4. The number of carbonyl (C=O) groups excluding carboxylic acids is 1. The second-order valence-corrected chi connectivity index (χ2v) is 8.64. The smallest absolute Gasteiger partial charge is 0.234 e. The number of amides is 1. The summed E-state index contributed by atoms with van der Waals surface area (Å²) in [6.45, 7) is 1.83. The van der Waals surface area contributed by atoms with Gasteiger partial charge in [0.25, 0.3) is 0 Å². The van der Waals surface area contributed by atoms with Crippen molar-refractivity contribution in [1.29, 1.82) is 0 Å². The van der Waals surface area contributed by atoms with E-state index in [9.17, 15) is 4.79 Å². The van der Waals surface area contributed by atoms with Crippen LogP contribution in [0.15, 0.2) is 41.6 Å². The third kappa shape index (κ3) is 5.98. The fourth-order valence-electron chi connectivity index (χ4n) is 2.71.